The molecule has 0 spiro atoms. The summed E-state index contributed by atoms with van der Waals surface area (Å²) < 4.78 is 27.7. The van der Waals surface area contributed by atoms with Crippen LogP contribution < -0.4 is 10.5 Å². The Kier molecular flexibility index (Phi) is 4.17. The van der Waals surface area contributed by atoms with Crippen LogP contribution in [0.3, 0.4) is 0 Å². The summed E-state index contributed by atoms with van der Waals surface area (Å²) >= 11 is 1.53. The first-order valence-electron chi connectivity index (χ1n) is 6.23. The van der Waals surface area contributed by atoms with Gasteiger partial charge in [-0.15, -0.1) is 11.3 Å². The van der Waals surface area contributed by atoms with Crippen molar-refractivity contribution in [2.24, 2.45) is 0 Å². The minimum atomic E-state index is -3.58. The lowest BCUT2D eigenvalue weighted by Crippen LogP contribution is -2.27. The fourth-order valence-electron chi connectivity index (χ4n) is 2.02. The highest BCUT2D eigenvalue weighted by Crippen LogP contribution is 2.26. The highest BCUT2D eigenvalue weighted by molar-refractivity contribution is 7.89. The Bertz CT molecular complexity index is 707. The van der Waals surface area contributed by atoms with E-state index in [4.69, 9.17) is 5.73 Å². The molecular formula is C14H18N2O2S2. The Balaban J connectivity index is 2.36. The zero-order chi connectivity index (χ0) is 14.9. The van der Waals surface area contributed by atoms with Gasteiger partial charge in [0.15, 0.2) is 0 Å². The van der Waals surface area contributed by atoms with E-state index in [9.17, 15) is 8.42 Å². The summed E-state index contributed by atoms with van der Waals surface area (Å²) in [5.74, 6) is 0. The van der Waals surface area contributed by atoms with Crippen LogP contribution in [-0.2, 0) is 10.0 Å². The summed E-state index contributed by atoms with van der Waals surface area (Å²) in [5, 5.41) is 1.93. The van der Waals surface area contributed by atoms with Crippen molar-refractivity contribution >= 4 is 27.0 Å². The van der Waals surface area contributed by atoms with E-state index >= 15 is 0 Å². The SMILES string of the molecule is Cc1cc(N)c(C)c(S(=O)(=O)NC(C)c2cccs2)c1. The van der Waals surface area contributed by atoms with Crippen LogP contribution in [0.5, 0.6) is 0 Å². The first-order chi connectivity index (χ1) is 9.31. The van der Waals surface area contributed by atoms with E-state index < -0.39 is 10.0 Å². The molecule has 0 aliphatic carbocycles. The quantitative estimate of drug-likeness (QED) is 0.853. The average Bonchev–Trinajstić information content (AvgIpc) is 2.86. The van der Waals surface area contributed by atoms with Crippen LogP contribution in [0, 0.1) is 13.8 Å². The van der Waals surface area contributed by atoms with Crippen molar-refractivity contribution in [2.45, 2.75) is 31.7 Å². The Morgan fingerprint density at radius 3 is 2.60 bits per heavy atom. The standard InChI is InChI=1S/C14H18N2O2S2/c1-9-7-12(15)10(2)14(8-9)20(17,18)16-11(3)13-5-4-6-19-13/h4-8,11,16H,15H2,1-3H3. The largest absolute Gasteiger partial charge is 0.398 e. The fourth-order valence-corrected chi connectivity index (χ4v) is 4.41. The maximum absolute atomic E-state index is 12.5. The van der Waals surface area contributed by atoms with Gasteiger partial charge in [0.1, 0.15) is 0 Å². The molecule has 0 bridgehead atoms. The van der Waals surface area contributed by atoms with Crippen molar-refractivity contribution in [3.8, 4) is 0 Å². The third-order valence-corrected chi connectivity index (χ3v) is 5.86. The Morgan fingerprint density at radius 2 is 2.00 bits per heavy atom. The summed E-state index contributed by atoms with van der Waals surface area (Å²) in [6.45, 7) is 5.38. The van der Waals surface area contributed by atoms with Gasteiger partial charge in [-0.2, -0.15) is 0 Å². The Morgan fingerprint density at radius 1 is 1.30 bits per heavy atom. The van der Waals surface area contributed by atoms with Crippen molar-refractivity contribution in [2.75, 3.05) is 5.73 Å². The molecule has 0 saturated heterocycles. The van der Waals surface area contributed by atoms with E-state index in [1.165, 1.54) is 11.3 Å². The number of thiophene rings is 1. The highest BCUT2D eigenvalue weighted by atomic mass is 32.2. The molecule has 0 fully saturated rings. The van der Waals surface area contributed by atoms with Crippen molar-refractivity contribution in [1.82, 2.24) is 4.72 Å². The van der Waals surface area contributed by atoms with E-state index in [2.05, 4.69) is 4.72 Å². The first-order valence-corrected chi connectivity index (χ1v) is 8.60. The van der Waals surface area contributed by atoms with Crippen LogP contribution in [0.4, 0.5) is 5.69 Å². The molecule has 0 aliphatic rings. The van der Waals surface area contributed by atoms with Gasteiger partial charge in [-0.05, 0) is 55.5 Å². The normalized spacial score (nSPS) is 13.3. The van der Waals surface area contributed by atoms with Crippen LogP contribution in [0.2, 0.25) is 0 Å². The molecule has 2 aromatic rings. The summed E-state index contributed by atoms with van der Waals surface area (Å²) in [4.78, 5) is 1.23. The molecule has 108 valence electrons. The molecule has 4 nitrogen and oxygen atoms in total. The molecule has 0 saturated carbocycles. The van der Waals surface area contributed by atoms with Crippen LogP contribution in [0.15, 0.2) is 34.5 Å². The maximum atomic E-state index is 12.5. The van der Waals surface area contributed by atoms with Gasteiger partial charge in [-0.1, -0.05) is 6.07 Å². The molecule has 2 rings (SSSR count). The number of hydrogen-bond donors (Lipinski definition) is 2. The van der Waals surface area contributed by atoms with Crippen LogP contribution >= 0.6 is 11.3 Å². The molecule has 0 amide bonds. The zero-order valence-corrected chi connectivity index (χ0v) is 13.3. The number of anilines is 1. The molecule has 3 N–H and O–H groups in total. The number of nitrogens with two attached hydrogens (primary N) is 1. The lowest BCUT2D eigenvalue weighted by molar-refractivity contribution is 0.568. The van der Waals surface area contributed by atoms with Gasteiger partial charge in [0.2, 0.25) is 10.0 Å². The second-order valence-corrected chi connectivity index (χ2v) is 7.50. The third-order valence-electron chi connectivity index (χ3n) is 3.14. The zero-order valence-electron chi connectivity index (χ0n) is 11.7. The number of benzene rings is 1. The van der Waals surface area contributed by atoms with Crippen LogP contribution in [0.1, 0.15) is 29.0 Å². The summed E-state index contributed by atoms with van der Waals surface area (Å²) in [6.07, 6.45) is 0. The van der Waals surface area contributed by atoms with Gasteiger partial charge >= 0.3 is 0 Å². The highest BCUT2D eigenvalue weighted by Gasteiger charge is 2.22. The van der Waals surface area contributed by atoms with Crippen molar-refractivity contribution in [3.63, 3.8) is 0 Å². The molecule has 0 aliphatic heterocycles. The minimum Gasteiger partial charge on any atom is -0.398 e. The van der Waals surface area contributed by atoms with Gasteiger partial charge in [0, 0.05) is 10.6 Å². The summed E-state index contributed by atoms with van der Waals surface area (Å²) in [5.41, 5.74) is 7.76. The summed E-state index contributed by atoms with van der Waals surface area (Å²) in [7, 11) is -3.58. The van der Waals surface area contributed by atoms with Gasteiger partial charge in [0.25, 0.3) is 0 Å². The molecule has 1 atom stereocenters. The van der Waals surface area contributed by atoms with E-state index in [1.54, 1.807) is 19.1 Å². The number of aryl methyl sites for hydroxylation is 1. The van der Waals surface area contributed by atoms with E-state index in [0.29, 0.717) is 11.3 Å². The van der Waals surface area contributed by atoms with Crippen LogP contribution in [0.25, 0.3) is 0 Å². The summed E-state index contributed by atoms with van der Waals surface area (Å²) in [6, 6.07) is 6.98. The fraction of sp³-hybridized carbons (Fsp3) is 0.286. The number of nitrogens with one attached hydrogen (secondary N) is 1. The van der Waals surface area contributed by atoms with E-state index in [1.807, 2.05) is 31.4 Å². The molecule has 1 aromatic carbocycles. The smallest absolute Gasteiger partial charge is 0.241 e. The lowest BCUT2D eigenvalue weighted by atomic mass is 10.1. The first kappa shape index (κ1) is 15.0. The molecule has 20 heavy (non-hydrogen) atoms. The maximum Gasteiger partial charge on any atom is 0.241 e. The van der Waals surface area contributed by atoms with E-state index in [-0.39, 0.29) is 10.9 Å². The second kappa shape index (κ2) is 5.55. The number of hydrogen-bond acceptors (Lipinski definition) is 4. The third kappa shape index (κ3) is 3.03. The molecule has 1 heterocycles. The van der Waals surface area contributed by atoms with Crippen LogP contribution in [-0.4, -0.2) is 8.42 Å². The lowest BCUT2D eigenvalue weighted by Gasteiger charge is -2.16. The van der Waals surface area contributed by atoms with Gasteiger partial charge in [-0.3, -0.25) is 0 Å². The molecule has 1 unspecified atom stereocenters. The number of sulfonamides is 1. The topological polar surface area (TPSA) is 72.2 Å². The van der Waals surface area contributed by atoms with E-state index in [0.717, 1.165) is 10.4 Å². The number of rotatable bonds is 4. The second-order valence-electron chi connectivity index (χ2n) is 4.84. The predicted octanol–water partition coefficient (Wildman–Crippen LogP) is 2.99. The molecule has 6 heteroatoms. The molecule has 0 radical (unpaired) electrons. The Hall–Kier alpha value is -1.37. The molecule has 1 aromatic heterocycles. The van der Waals surface area contributed by atoms with Crippen molar-refractivity contribution in [1.29, 1.82) is 0 Å². The Labute approximate surface area is 123 Å². The molecular weight excluding hydrogens is 292 g/mol. The predicted molar refractivity (Wildman–Crippen MR) is 83.4 cm³/mol. The van der Waals surface area contributed by atoms with Crippen molar-refractivity contribution in [3.05, 3.63) is 45.6 Å². The number of nitrogen functional groups attached to an aromatic ring is 1. The minimum absolute atomic E-state index is 0.249. The van der Waals surface area contributed by atoms with Gasteiger partial charge in [0.05, 0.1) is 10.9 Å². The van der Waals surface area contributed by atoms with Crippen molar-refractivity contribution < 1.29 is 8.42 Å². The van der Waals surface area contributed by atoms with Gasteiger partial charge in [-0.25, -0.2) is 13.1 Å². The van der Waals surface area contributed by atoms with Gasteiger partial charge < -0.3 is 5.73 Å². The monoisotopic (exact) mass is 310 g/mol. The average molecular weight is 310 g/mol.